The number of thiophene rings is 1. The number of hydrogen-bond acceptors (Lipinski definition) is 3. The lowest BCUT2D eigenvalue weighted by atomic mass is 10.1. The highest BCUT2D eigenvalue weighted by Gasteiger charge is 2.16. The number of amides is 1. The van der Waals surface area contributed by atoms with Crippen LogP contribution < -0.4 is 10.9 Å². The first kappa shape index (κ1) is 17.5. The van der Waals surface area contributed by atoms with E-state index in [1.165, 1.54) is 16.9 Å². The van der Waals surface area contributed by atoms with Gasteiger partial charge in [0.1, 0.15) is 0 Å². The Hall–Kier alpha value is -2.92. The number of carbonyl (C=O) groups is 1. The molecule has 4 rings (SSSR count). The molecule has 0 spiro atoms. The molecule has 1 amide bonds. The smallest absolute Gasteiger partial charge is 0.261 e. The van der Waals surface area contributed by atoms with Crippen molar-refractivity contribution in [2.75, 3.05) is 0 Å². The minimum Gasteiger partial charge on any atom is -0.349 e. The third-order valence-corrected chi connectivity index (χ3v) is 5.87. The van der Waals surface area contributed by atoms with E-state index in [-0.39, 0.29) is 17.5 Å². The second-order valence-electron chi connectivity index (χ2n) is 6.75. The molecule has 4 aromatic rings. The molecule has 4 nitrogen and oxygen atoms in total. The van der Waals surface area contributed by atoms with Gasteiger partial charge in [-0.05, 0) is 37.5 Å². The van der Waals surface area contributed by atoms with Crippen LogP contribution in [0.4, 0.5) is 0 Å². The van der Waals surface area contributed by atoms with Crippen LogP contribution in [0.15, 0.2) is 65.5 Å². The second kappa shape index (κ2) is 7.37. The summed E-state index contributed by atoms with van der Waals surface area (Å²) < 4.78 is 0.858. The Morgan fingerprint density at radius 3 is 2.63 bits per heavy atom. The third-order valence-electron chi connectivity index (χ3n) is 4.71. The maximum atomic E-state index is 12.7. The van der Waals surface area contributed by atoms with Gasteiger partial charge in [0, 0.05) is 21.6 Å². The minimum absolute atomic E-state index is 0.0537. The van der Waals surface area contributed by atoms with E-state index in [0.29, 0.717) is 10.3 Å². The molecule has 2 N–H and O–H groups in total. The van der Waals surface area contributed by atoms with E-state index in [2.05, 4.69) is 22.4 Å². The number of rotatable bonds is 5. The van der Waals surface area contributed by atoms with Crippen LogP contribution >= 0.6 is 11.3 Å². The van der Waals surface area contributed by atoms with Crippen molar-refractivity contribution in [2.45, 2.75) is 25.8 Å². The average molecular weight is 376 g/mol. The summed E-state index contributed by atoms with van der Waals surface area (Å²) in [5.74, 6) is -0.125. The fourth-order valence-electron chi connectivity index (χ4n) is 3.25. The summed E-state index contributed by atoms with van der Waals surface area (Å²) in [6, 6.07) is 19.7. The lowest BCUT2D eigenvalue weighted by molar-refractivity contribution is 0.0942. The molecule has 2 aromatic carbocycles. The molecule has 0 unspecified atom stereocenters. The number of benzene rings is 2. The number of aromatic amines is 1. The highest BCUT2D eigenvalue weighted by Crippen LogP contribution is 2.29. The number of H-pyrrole nitrogens is 1. The van der Waals surface area contributed by atoms with Gasteiger partial charge in [-0.15, -0.1) is 11.3 Å². The molecule has 5 heteroatoms. The van der Waals surface area contributed by atoms with Gasteiger partial charge in [-0.25, -0.2) is 0 Å². The predicted octanol–water partition coefficient (Wildman–Crippen LogP) is 4.49. The van der Waals surface area contributed by atoms with E-state index in [9.17, 15) is 9.59 Å². The topological polar surface area (TPSA) is 62.0 Å². The summed E-state index contributed by atoms with van der Waals surface area (Å²) in [7, 11) is 0. The van der Waals surface area contributed by atoms with E-state index < -0.39 is 0 Å². The van der Waals surface area contributed by atoms with Crippen LogP contribution in [0.1, 0.15) is 28.6 Å². The van der Waals surface area contributed by atoms with Crippen LogP contribution in [0, 0.1) is 0 Å². The first-order valence-electron chi connectivity index (χ1n) is 9.01. The zero-order valence-electron chi connectivity index (χ0n) is 15.0. The number of nitrogens with one attached hydrogen (secondary N) is 2. The van der Waals surface area contributed by atoms with Gasteiger partial charge in [0.2, 0.25) is 0 Å². The molecule has 0 saturated carbocycles. The van der Waals surface area contributed by atoms with E-state index in [4.69, 9.17) is 0 Å². The lowest BCUT2D eigenvalue weighted by Crippen LogP contribution is -2.32. The number of para-hydroxylation sites is 1. The Bertz CT molecular complexity index is 1160. The standard InChI is InChI=1S/C22H20N2O2S/c1-14(11-12-15-7-3-2-4-8-15)23-22(26)19-13-17-20(27-19)16-9-5-6-10-18(16)24-21(17)25/h2-10,13-14H,11-12H2,1H3,(H,23,26)(H,24,25)/t14-/m1/s1. The summed E-state index contributed by atoms with van der Waals surface area (Å²) in [6.07, 6.45) is 1.78. The highest BCUT2D eigenvalue weighted by molar-refractivity contribution is 7.21. The van der Waals surface area contributed by atoms with Crippen LogP contribution in [0.3, 0.4) is 0 Å². The second-order valence-corrected chi connectivity index (χ2v) is 7.80. The van der Waals surface area contributed by atoms with Gasteiger partial charge < -0.3 is 10.3 Å². The van der Waals surface area contributed by atoms with E-state index in [0.717, 1.165) is 28.4 Å². The van der Waals surface area contributed by atoms with Crippen LogP contribution in [0.2, 0.25) is 0 Å². The fourth-order valence-corrected chi connectivity index (χ4v) is 4.34. The predicted molar refractivity (Wildman–Crippen MR) is 112 cm³/mol. The van der Waals surface area contributed by atoms with Crippen molar-refractivity contribution in [1.82, 2.24) is 10.3 Å². The number of aryl methyl sites for hydroxylation is 1. The SMILES string of the molecule is C[C@H](CCc1ccccc1)NC(=O)c1cc2c(=O)[nH]c3ccccc3c2s1. The molecule has 1 atom stereocenters. The highest BCUT2D eigenvalue weighted by atomic mass is 32.1. The first-order valence-corrected chi connectivity index (χ1v) is 9.83. The summed E-state index contributed by atoms with van der Waals surface area (Å²) in [5.41, 5.74) is 1.90. The van der Waals surface area contributed by atoms with E-state index in [1.54, 1.807) is 6.07 Å². The number of aromatic nitrogens is 1. The van der Waals surface area contributed by atoms with Gasteiger partial charge in [-0.3, -0.25) is 9.59 Å². The van der Waals surface area contributed by atoms with Crippen LogP contribution in [0.25, 0.3) is 21.0 Å². The number of fused-ring (bicyclic) bond motifs is 3. The molecule has 0 radical (unpaired) electrons. The van der Waals surface area contributed by atoms with Crippen molar-refractivity contribution in [3.63, 3.8) is 0 Å². The molecule has 0 bridgehead atoms. The minimum atomic E-state index is -0.156. The van der Waals surface area contributed by atoms with Crippen molar-refractivity contribution in [3.8, 4) is 0 Å². The zero-order valence-corrected chi connectivity index (χ0v) is 15.8. The van der Waals surface area contributed by atoms with Gasteiger partial charge in [0.25, 0.3) is 11.5 Å². The molecule has 0 aliphatic heterocycles. The van der Waals surface area contributed by atoms with Gasteiger partial charge in [-0.2, -0.15) is 0 Å². The molecule has 136 valence electrons. The molecule has 2 aromatic heterocycles. The Morgan fingerprint density at radius 2 is 1.81 bits per heavy atom. The number of pyridine rings is 1. The van der Waals surface area contributed by atoms with Gasteiger partial charge >= 0.3 is 0 Å². The van der Waals surface area contributed by atoms with E-state index >= 15 is 0 Å². The van der Waals surface area contributed by atoms with Crippen LogP contribution in [-0.2, 0) is 6.42 Å². The molecule has 0 fully saturated rings. The molecular formula is C22H20N2O2S. The van der Waals surface area contributed by atoms with Gasteiger partial charge in [0.15, 0.2) is 0 Å². The van der Waals surface area contributed by atoms with Crippen molar-refractivity contribution in [1.29, 1.82) is 0 Å². The van der Waals surface area contributed by atoms with Gasteiger partial charge in [-0.1, -0.05) is 48.5 Å². The molecular weight excluding hydrogens is 356 g/mol. The van der Waals surface area contributed by atoms with Crippen molar-refractivity contribution < 1.29 is 4.79 Å². The van der Waals surface area contributed by atoms with E-state index in [1.807, 2.05) is 49.4 Å². The Balaban J connectivity index is 1.53. The summed E-state index contributed by atoms with van der Waals surface area (Å²) in [5, 5.41) is 4.59. The zero-order chi connectivity index (χ0) is 18.8. The first-order chi connectivity index (χ1) is 13.1. The normalized spacial score (nSPS) is 12.3. The number of hydrogen-bond donors (Lipinski definition) is 2. The maximum Gasteiger partial charge on any atom is 0.261 e. The number of carbonyl (C=O) groups excluding carboxylic acids is 1. The van der Waals surface area contributed by atoms with Crippen molar-refractivity contribution in [2.24, 2.45) is 0 Å². The molecule has 2 heterocycles. The summed E-state index contributed by atoms with van der Waals surface area (Å²) in [4.78, 5) is 28.5. The maximum absolute atomic E-state index is 12.7. The largest absolute Gasteiger partial charge is 0.349 e. The molecule has 0 saturated heterocycles. The Labute approximate surface area is 160 Å². The quantitative estimate of drug-likeness (QED) is 0.539. The summed E-state index contributed by atoms with van der Waals surface area (Å²) >= 11 is 1.37. The van der Waals surface area contributed by atoms with Crippen LogP contribution in [-0.4, -0.2) is 16.9 Å². The monoisotopic (exact) mass is 376 g/mol. The fraction of sp³-hybridized carbons (Fsp3) is 0.182. The third kappa shape index (κ3) is 3.64. The molecule has 27 heavy (non-hydrogen) atoms. The Kier molecular flexibility index (Phi) is 4.77. The molecule has 0 aliphatic carbocycles. The van der Waals surface area contributed by atoms with Crippen molar-refractivity contribution in [3.05, 3.63) is 81.5 Å². The summed E-state index contributed by atoms with van der Waals surface area (Å²) in [6.45, 7) is 2.01. The van der Waals surface area contributed by atoms with Crippen molar-refractivity contribution >= 4 is 38.2 Å². The lowest BCUT2D eigenvalue weighted by Gasteiger charge is -2.13. The Morgan fingerprint density at radius 1 is 1.07 bits per heavy atom. The molecule has 0 aliphatic rings. The van der Waals surface area contributed by atoms with Gasteiger partial charge in [0.05, 0.1) is 10.3 Å². The van der Waals surface area contributed by atoms with Crippen LogP contribution in [0.5, 0.6) is 0 Å². The average Bonchev–Trinajstić information content (AvgIpc) is 3.14.